The van der Waals surface area contributed by atoms with Gasteiger partial charge in [-0.15, -0.1) is 0 Å². The van der Waals surface area contributed by atoms with Crippen LogP contribution in [0.15, 0.2) is 58.8 Å². The van der Waals surface area contributed by atoms with E-state index in [1.54, 1.807) is 43.3 Å². The molecule has 2 aromatic rings. The maximum atomic E-state index is 13.1. The van der Waals surface area contributed by atoms with Crippen molar-refractivity contribution >= 4 is 23.2 Å². The van der Waals surface area contributed by atoms with Crippen LogP contribution >= 0.6 is 0 Å². The molecule has 0 atom stereocenters. The average molecular weight is 359 g/mol. The summed E-state index contributed by atoms with van der Waals surface area (Å²) >= 11 is 0. The highest BCUT2D eigenvalue weighted by molar-refractivity contribution is 6.47. The van der Waals surface area contributed by atoms with Crippen molar-refractivity contribution in [1.29, 1.82) is 0 Å². The molecule has 0 aliphatic carbocycles. The minimum atomic E-state index is -1.16. The van der Waals surface area contributed by atoms with Crippen molar-refractivity contribution in [2.45, 2.75) is 13.5 Å². The highest BCUT2D eigenvalue weighted by Crippen LogP contribution is 2.16. The van der Waals surface area contributed by atoms with Gasteiger partial charge >= 0.3 is 6.09 Å². The average Bonchev–Trinajstić information content (AvgIpc) is 2.61. The molecular weight excluding hydrogens is 341 g/mol. The van der Waals surface area contributed by atoms with Gasteiger partial charge in [0.15, 0.2) is 0 Å². The number of nitrogens with zero attached hydrogens (tertiary/aromatic N) is 2. The number of nitrogens with one attached hydrogen (secondary N) is 1. The van der Waals surface area contributed by atoms with Gasteiger partial charge in [-0.2, -0.15) is 0 Å². The fourth-order valence-electron chi connectivity index (χ4n) is 2.15. The predicted molar refractivity (Wildman–Crippen MR) is 95.9 cm³/mol. The highest BCUT2D eigenvalue weighted by atomic mass is 19.1. The Labute approximate surface area is 149 Å². The van der Waals surface area contributed by atoms with E-state index in [0.717, 1.165) is 0 Å². The second-order valence-corrected chi connectivity index (χ2v) is 5.17. The molecule has 0 spiro atoms. The van der Waals surface area contributed by atoms with Crippen molar-refractivity contribution in [2.75, 3.05) is 12.4 Å². The highest BCUT2D eigenvalue weighted by Gasteiger charge is 2.10. The molecule has 0 radical (unpaired) electrons. The smallest absolute Gasteiger partial charge is 0.409 e. The van der Waals surface area contributed by atoms with Gasteiger partial charge in [0.2, 0.25) is 0 Å². The fourth-order valence-corrected chi connectivity index (χ4v) is 2.15. The largest absolute Gasteiger partial charge is 0.465 e. The fraction of sp³-hybridized carbons (Fsp3) is 0.167. The lowest BCUT2D eigenvalue weighted by Gasteiger charge is -2.09. The van der Waals surface area contributed by atoms with Crippen molar-refractivity contribution < 1.29 is 24.0 Å². The molecule has 0 aromatic heterocycles. The Hall–Kier alpha value is -3.42. The molecule has 136 valence electrons. The molecule has 0 bridgehead atoms. The second kappa shape index (κ2) is 9.16. The second-order valence-electron chi connectivity index (χ2n) is 5.17. The van der Waals surface area contributed by atoms with Gasteiger partial charge in [0, 0.05) is 11.1 Å². The standard InChI is InChI=1S/C18H18FN3O4/c1-12(17(22-25-2)13-7-9-15(19)10-8-13)21-26-11-14-5-3-4-6-16(14)20-18(23)24/h3-10,20H,11H2,1-2H3,(H,23,24)/b21-12-,22-17-. The van der Waals surface area contributed by atoms with Gasteiger partial charge in [-0.3, -0.25) is 5.32 Å². The molecule has 0 unspecified atom stereocenters. The number of amides is 1. The van der Waals surface area contributed by atoms with Crippen LogP contribution in [0.5, 0.6) is 0 Å². The van der Waals surface area contributed by atoms with Crippen LogP contribution in [0.1, 0.15) is 18.1 Å². The molecule has 0 aliphatic heterocycles. The van der Waals surface area contributed by atoms with Crippen LogP contribution in [0.2, 0.25) is 0 Å². The maximum Gasteiger partial charge on any atom is 0.409 e. The summed E-state index contributed by atoms with van der Waals surface area (Å²) in [6.07, 6.45) is -1.16. The summed E-state index contributed by atoms with van der Waals surface area (Å²) in [5.41, 5.74) is 2.47. The number of rotatable bonds is 7. The SMILES string of the molecule is CO/N=C(/C(C)=N\OCc1ccccc1NC(=O)O)c1ccc(F)cc1. The third kappa shape index (κ3) is 5.30. The quantitative estimate of drug-likeness (QED) is 0.580. The van der Waals surface area contributed by atoms with Gasteiger partial charge in [0.05, 0.1) is 5.69 Å². The van der Waals surface area contributed by atoms with Crippen molar-refractivity contribution in [3.63, 3.8) is 0 Å². The zero-order valence-electron chi connectivity index (χ0n) is 14.3. The lowest BCUT2D eigenvalue weighted by molar-refractivity contribution is 0.131. The Balaban J connectivity index is 2.12. The molecule has 0 saturated heterocycles. The van der Waals surface area contributed by atoms with Crippen LogP contribution in [0.25, 0.3) is 0 Å². The third-order valence-corrected chi connectivity index (χ3v) is 3.32. The molecule has 2 rings (SSSR count). The van der Waals surface area contributed by atoms with Gasteiger partial charge in [0.25, 0.3) is 0 Å². The topological polar surface area (TPSA) is 92.5 Å². The van der Waals surface area contributed by atoms with E-state index >= 15 is 0 Å². The summed E-state index contributed by atoms with van der Waals surface area (Å²) < 4.78 is 13.1. The number of carboxylic acid groups (broad SMARTS) is 1. The molecule has 0 aliphatic rings. The Morgan fingerprint density at radius 2 is 1.85 bits per heavy atom. The molecule has 7 nitrogen and oxygen atoms in total. The number of hydrogen-bond donors (Lipinski definition) is 2. The van der Waals surface area contributed by atoms with E-state index in [1.165, 1.54) is 19.2 Å². The number of hydrogen-bond acceptors (Lipinski definition) is 5. The van der Waals surface area contributed by atoms with Gasteiger partial charge in [-0.1, -0.05) is 28.5 Å². The maximum absolute atomic E-state index is 13.1. The van der Waals surface area contributed by atoms with E-state index in [2.05, 4.69) is 15.6 Å². The normalized spacial score (nSPS) is 11.8. The molecule has 2 aromatic carbocycles. The Morgan fingerprint density at radius 3 is 2.50 bits per heavy atom. The van der Waals surface area contributed by atoms with E-state index in [-0.39, 0.29) is 12.4 Å². The van der Waals surface area contributed by atoms with E-state index in [1.807, 2.05) is 0 Å². The molecule has 8 heteroatoms. The van der Waals surface area contributed by atoms with Crippen molar-refractivity contribution in [3.8, 4) is 0 Å². The molecule has 1 amide bonds. The Kier molecular flexibility index (Phi) is 6.67. The summed E-state index contributed by atoms with van der Waals surface area (Å²) in [6.45, 7) is 1.72. The molecular formula is C18H18FN3O4. The minimum absolute atomic E-state index is 0.0530. The summed E-state index contributed by atoms with van der Waals surface area (Å²) in [7, 11) is 1.39. The monoisotopic (exact) mass is 359 g/mol. The molecule has 0 heterocycles. The summed E-state index contributed by atoms with van der Waals surface area (Å²) in [5, 5.41) is 19.0. The third-order valence-electron chi connectivity index (χ3n) is 3.32. The van der Waals surface area contributed by atoms with Crippen LogP contribution in [-0.4, -0.2) is 29.7 Å². The number of anilines is 1. The Bertz CT molecular complexity index is 819. The summed E-state index contributed by atoms with van der Waals surface area (Å²) in [6, 6.07) is 12.5. The van der Waals surface area contributed by atoms with E-state index in [9.17, 15) is 9.18 Å². The summed E-state index contributed by atoms with van der Waals surface area (Å²) in [4.78, 5) is 20.9. The number of oxime groups is 2. The van der Waals surface area contributed by atoms with Gasteiger partial charge in [-0.05, 0) is 37.3 Å². The zero-order chi connectivity index (χ0) is 18.9. The summed E-state index contributed by atoms with van der Waals surface area (Å²) in [5.74, 6) is -0.362. The van der Waals surface area contributed by atoms with Crippen LogP contribution in [0.3, 0.4) is 0 Å². The van der Waals surface area contributed by atoms with Crippen LogP contribution < -0.4 is 5.32 Å². The van der Waals surface area contributed by atoms with Gasteiger partial charge < -0.3 is 14.8 Å². The van der Waals surface area contributed by atoms with Crippen LogP contribution in [-0.2, 0) is 16.3 Å². The van der Waals surface area contributed by atoms with Gasteiger partial charge in [-0.25, -0.2) is 9.18 Å². The van der Waals surface area contributed by atoms with Gasteiger partial charge in [0.1, 0.15) is 31.0 Å². The number of benzene rings is 2. The van der Waals surface area contributed by atoms with Crippen LogP contribution in [0, 0.1) is 5.82 Å². The lowest BCUT2D eigenvalue weighted by Crippen LogP contribution is -2.14. The van der Waals surface area contributed by atoms with Crippen molar-refractivity contribution in [1.82, 2.24) is 0 Å². The van der Waals surface area contributed by atoms with E-state index in [4.69, 9.17) is 14.8 Å². The first-order valence-corrected chi connectivity index (χ1v) is 7.63. The first-order valence-electron chi connectivity index (χ1n) is 7.63. The van der Waals surface area contributed by atoms with Crippen molar-refractivity contribution in [3.05, 3.63) is 65.5 Å². The lowest BCUT2D eigenvalue weighted by atomic mass is 10.1. The molecule has 0 saturated carbocycles. The molecule has 0 fully saturated rings. The molecule has 26 heavy (non-hydrogen) atoms. The first-order chi connectivity index (χ1) is 12.5. The zero-order valence-corrected chi connectivity index (χ0v) is 14.3. The minimum Gasteiger partial charge on any atom is -0.465 e. The Morgan fingerprint density at radius 1 is 1.15 bits per heavy atom. The van der Waals surface area contributed by atoms with Crippen LogP contribution in [0.4, 0.5) is 14.9 Å². The van der Waals surface area contributed by atoms with E-state index < -0.39 is 6.09 Å². The molecule has 2 N–H and O–H groups in total. The van der Waals surface area contributed by atoms with E-state index in [0.29, 0.717) is 28.2 Å². The number of para-hydroxylation sites is 1. The number of carbonyl (C=O) groups is 1. The van der Waals surface area contributed by atoms with Crippen molar-refractivity contribution in [2.24, 2.45) is 10.3 Å². The first kappa shape index (κ1) is 18.9. The predicted octanol–water partition coefficient (Wildman–Crippen LogP) is 3.86. The number of halogens is 1.